The van der Waals surface area contributed by atoms with Crippen molar-refractivity contribution < 1.29 is 20.1 Å². The molecule has 3 rings (SSSR count). The first kappa shape index (κ1) is 16.6. The molecule has 0 aliphatic heterocycles. The maximum absolute atomic E-state index is 4.72. The van der Waals surface area contributed by atoms with E-state index in [4.69, 9.17) is 10.1 Å². The summed E-state index contributed by atoms with van der Waals surface area (Å²) < 4.78 is 1.93. The summed E-state index contributed by atoms with van der Waals surface area (Å²) >= 11 is 0. The summed E-state index contributed by atoms with van der Waals surface area (Å²) in [6.07, 6.45) is 0. The number of aromatic nitrogens is 3. The van der Waals surface area contributed by atoms with Crippen LogP contribution in [0.3, 0.4) is 0 Å². The van der Waals surface area contributed by atoms with Crippen LogP contribution in [0.4, 0.5) is 0 Å². The molecule has 0 amide bonds. The first-order valence-electron chi connectivity index (χ1n) is 7.17. The number of para-hydroxylation sites is 1. The number of hydrogen-bond acceptors (Lipinski definition) is 2. The molecule has 0 unspecified atom stereocenters. The Labute approximate surface area is 144 Å². The Hall–Kier alpha value is -1.77. The van der Waals surface area contributed by atoms with Gasteiger partial charge in [0.2, 0.25) is 0 Å². The summed E-state index contributed by atoms with van der Waals surface area (Å²) in [4.78, 5) is 4.72. The zero-order chi connectivity index (χ0) is 14.8. The zero-order valence-corrected chi connectivity index (χ0v) is 15.3. The number of aryl methyl sites for hydroxylation is 1. The molecule has 0 saturated heterocycles. The Kier molecular flexibility index (Phi) is 5.28. The molecule has 2 aromatic carbocycles. The average Bonchev–Trinajstić information content (AvgIpc) is 2.94. The molecular weight excluding hydrogens is 450 g/mol. The summed E-state index contributed by atoms with van der Waals surface area (Å²) in [5.41, 5.74) is 3.19. The molecule has 4 heteroatoms. The van der Waals surface area contributed by atoms with Gasteiger partial charge in [-0.15, -0.1) is 35.9 Å². The van der Waals surface area contributed by atoms with Crippen LogP contribution in [0.2, 0.25) is 0 Å². The van der Waals surface area contributed by atoms with Crippen LogP contribution in [-0.4, -0.2) is 14.8 Å². The second-order valence-corrected chi connectivity index (χ2v) is 5.42. The van der Waals surface area contributed by atoms with Crippen molar-refractivity contribution in [3.63, 3.8) is 0 Å². The first-order valence-corrected chi connectivity index (χ1v) is 7.17. The van der Waals surface area contributed by atoms with E-state index in [9.17, 15) is 0 Å². The number of nitrogens with zero attached hydrogens (tertiary/aromatic N) is 3. The van der Waals surface area contributed by atoms with Crippen LogP contribution in [0.15, 0.2) is 48.5 Å². The summed E-state index contributed by atoms with van der Waals surface area (Å²) in [6, 6.07) is 19.3. The van der Waals surface area contributed by atoms with Gasteiger partial charge in [0.25, 0.3) is 0 Å². The second-order valence-electron chi connectivity index (χ2n) is 5.42. The third kappa shape index (κ3) is 3.18. The van der Waals surface area contributed by atoms with Gasteiger partial charge in [-0.05, 0) is 18.6 Å². The molecule has 1 aromatic heterocycles. The van der Waals surface area contributed by atoms with E-state index in [1.165, 1.54) is 5.56 Å². The molecule has 1 heterocycles. The predicted molar refractivity (Wildman–Crippen MR) is 84.5 cm³/mol. The Bertz CT molecular complexity index is 748. The minimum atomic E-state index is 0. The molecule has 0 aliphatic rings. The standard InChI is InChI=1S/C18H18N3.Ir/c1-13(2)17-19-18(15-10-5-4-6-11-15)21(20-17)16-12-8-7-9-14(16)3;/h4-10,12-13H,1-3H3;/q-1;. The Balaban J connectivity index is 0.00000176. The zero-order valence-electron chi connectivity index (χ0n) is 12.9. The molecular formula is C18H18IrN3-. The van der Waals surface area contributed by atoms with E-state index in [0.29, 0.717) is 0 Å². The number of hydrogen-bond donors (Lipinski definition) is 0. The van der Waals surface area contributed by atoms with Crippen LogP contribution in [0.5, 0.6) is 0 Å². The van der Waals surface area contributed by atoms with Gasteiger partial charge in [0.1, 0.15) is 5.82 Å². The Morgan fingerprint density at radius 3 is 2.41 bits per heavy atom. The first-order chi connectivity index (χ1) is 10.2. The van der Waals surface area contributed by atoms with Gasteiger partial charge in [0.15, 0.2) is 0 Å². The number of benzene rings is 2. The molecule has 0 bridgehead atoms. The van der Waals surface area contributed by atoms with Gasteiger partial charge in [-0.2, -0.15) is 5.10 Å². The molecule has 115 valence electrons. The fraction of sp³-hybridized carbons (Fsp3) is 0.222. The van der Waals surface area contributed by atoms with E-state index in [2.05, 4.69) is 39.0 Å². The molecule has 0 atom stereocenters. The summed E-state index contributed by atoms with van der Waals surface area (Å²) in [6.45, 7) is 6.30. The maximum Gasteiger partial charge on any atom is 0.143 e. The van der Waals surface area contributed by atoms with Crippen molar-refractivity contribution >= 4 is 0 Å². The van der Waals surface area contributed by atoms with Crippen molar-refractivity contribution in [2.45, 2.75) is 26.7 Å². The topological polar surface area (TPSA) is 30.7 Å². The van der Waals surface area contributed by atoms with Gasteiger partial charge >= 0.3 is 0 Å². The second kappa shape index (κ2) is 6.99. The van der Waals surface area contributed by atoms with E-state index in [1.54, 1.807) is 0 Å². The van der Waals surface area contributed by atoms with Crippen LogP contribution in [-0.2, 0) is 20.1 Å². The van der Waals surface area contributed by atoms with Crippen molar-refractivity contribution in [2.75, 3.05) is 0 Å². The molecule has 3 nitrogen and oxygen atoms in total. The van der Waals surface area contributed by atoms with Crippen LogP contribution < -0.4 is 0 Å². The van der Waals surface area contributed by atoms with E-state index < -0.39 is 0 Å². The minimum Gasteiger partial charge on any atom is -0.261 e. The molecule has 0 N–H and O–H groups in total. The van der Waals surface area contributed by atoms with Crippen molar-refractivity contribution in [3.05, 3.63) is 66.0 Å². The molecule has 0 fully saturated rings. The van der Waals surface area contributed by atoms with Crippen LogP contribution in [0.1, 0.15) is 31.2 Å². The molecule has 0 spiro atoms. The Morgan fingerprint density at radius 2 is 1.77 bits per heavy atom. The van der Waals surface area contributed by atoms with E-state index in [1.807, 2.05) is 41.1 Å². The number of rotatable bonds is 3. The van der Waals surface area contributed by atoms with Crippen molar-refractivity contribution in [1.82, 2.24) is 14.8 Å². The quantitative estimate of drug-likeness (QED) is 0.541. The minimum absolute atomic E-state index is 0. The fourth-order valence-corrected chi connectivity index (χ4v) is 2.25. The molecule has 1 radical (unpaired) electrons. The molecule has 0 saturated carbocycles. The SMILES string of the molecule is Cc1ccccc1-n1nc(C(C)C)nc1-c1[c-]cccc1.[Ir]. The van der Waals surface area contributed by atoms with Crippen LogP contribution >= 0.6 is 0 Å². The van der Waals surface area contributed by atoms with Crippen molar-refractivity contribution in [2.24, 2.45) is 0 Å². The van der Waals surface area contributed by atoms with Crippen molar-refractivity contribution in [1.29, 1.82) is 0 Å². The maximum atomic E-state index is 4.72. The monoisotopic (exact) mass is 469 g/mol. The Morgan fingerprint density at radius 1 is 1.05 bits per heavy atom. The molecule has 22 heavy (non-hydrogen) atoms. The molecule has 0 aliphatic carbocycles. The van der Waals surface area contributed by atoms with Crippen LogP contribution in [0, 0.1) is 13.0 Å². The summed E-state index contributed by atoms with van der Waals surface area (Å²) in [5.74, 6) is 1.98. The fourth-order valence-electron chi connectivity index (χ4n) is 2.25. The van der Waals surface area contributed by atoms with Crippen LogP contribution in [0.25, 0.3) is 17.1 Å². The smallest absolute Gasteiger partial charge is 0.143 e. The van der Waals surface area contributed by atoms with Gasteiger partial charge in [-0.3, -0.25) is 9.67 Å². The van der Waals surface area contributed by atoms with Gasteiger partial charge < -0.3 is 0 Å². The third-order valence-corrected chi connectivity index (χ3v) is 3.43. The van der Waals surface area contributed by atoms with Gasteiger partial charge in [0, 0.05) is 26.0 Å². The normalized spacial score (nSPS) is 10.5. The summed E-state index contributed by atoms with van der Waals surface area (Å²) in [7, 11) is 0. The predicted octanol–water partition coefficient (Wildman–Crippen LogP) is 4.16. The largest absolute Gasteiger partial charge is 0.261 e. The average molecular weight is 469 g/mol. The van der Waals surface area contributed by atoms with Gasteiger partial charge in [-0.1, -0.05) is 32.0 Å². The van der Waals surface area contributed by atoms with E-state index in [0.717, 1.165) is 22.9 Å². The van der Waals surface area contributed by atoms with E-state index in [-0.39, 0.29) is 26.0 Å². The third-order valence-electron chi connectivity index (χ3n) is 3.43. The van der Waals surface area contributed by atoms with Crippen molar-refractivity contribution in [3.8, 4) is 17.1 Å². The van der Waals surface area contributed by atoms with Gasteiger partial charge in [0.05, 0.1) is 11.5 Å². The van der Waals surface area contributed by atoms with E-state index >= 15 is 0 Å². The summed E-state index contributed by atoms with van der Waals surface area (Å²) in [5, 5.41) is 4.70. The van der Waals surface area contributed by atoms with Gasteiger partial charge in [-0.25, -0.2) is 0 Å². The molecule has 3 aromatic rings.